The van der Waals surface area contributed by atoms with Gasteiger partial charge in [-0.2, -0.15) is 5.26 Å². The first kappa shape index (κ1) is 20.3. The molecule has 1 aliphatic rings. The van der Waals surface area contributed by atoms with E-state index in [1.807, 2.05) is 6.07 Å². The maximum absolute atomic E-state index is 11.5. The molecule has 0 spiro atoms. The number of nitrogens with one attached hydrogen (secondary N) is 1. The molecule has 1 N–H and O–H groups in total. The van der Waals surface area contributed by atoms with Gasteiger partial charge in [0, 0.05) is 22.5 Å². The van der Waals surface area contributed by atoms with Crippen molar-refractivity contribution in [1.82, 2.24) is 9.97 Å². The Hall–Kier alpha value is -3.87. The second-order valence-electron chi connectivity index (χ2n) is 8.45. The van der Waals surface area contributed by atoms with Crippen LogP contribution in [0.15, 0.2) is 60.8 Å². The lowest BCUT2D eigenvalue weighted by Crippen LogP contribution is -2.11. The second kappa shape index (κ2) is 9.30. The first-order chi connectivity index (χ1) is 18.4. The Kier molecular flexibility index (Phi) is 5.25. The zero-order valence-electron chi connectivity index (χ0n) is 22.1. The summed E-state index contributed by atoms with van der Waals surface area (Å²) in [7, 11) is -3.48. The van der Waals surface area contributed by atoms with E-state index in [1.165, 1.54) is 18.3 Å². The molecule has 5 rings (SSSR count). The van der Waals surface area contributed by atoms with Crippen LogP contribution in [0, 0.1) is 11.3 Å². The SMILES string of the molecule is [2H]C([2H])([2H])N(c1ccc(-c2ccc3nc(NS(C)(=O)=O)cnc3c2)cc1)c1cc(Cl)c(OC2CC2)c(C#N)c1. The minimum atomic E-state index is -3.48. The van der Waals surface area contributed by atoms with Crippen LogP contribution in [0.2, 0.25) is 5.02 Å². The van der Waals surface area contributed by atoms with Crippen LogP contribution >= 0.6 is 11.6 Å². The van der Waals surface area contributed by atoms with Gasteiger partial charge in [0.2, 0.25) is 10.0 Å². The Morgan fingerprint density at radius 3 is 2.53 bits per heavy atom. The number of hydrogen-bond acceptors (Lipinski definition) is 7. The molecule has 182 valence electrons. The van der Waals surface area contributed by atoms with E-state index in [2.05, 4.69) is 20.8 Å². The summed E-state index contributed by atoms with van der Waals surface area (Å²) in [6, 6.07) is 17.3. The van der Waals surface area contributed by atoms with Crippen LogP contribution in [-0.2, 0) is 10.0 Å². The summed E-state index contributed by atoms with van der Waals surface area (Å²) in [6.45, 7) is -2.56. The Labute approximate surface area is 218 Å². The highest BCUT2D eigenvalue weighted by molar-refractivity contribution is 7.92. The molecule has 8 nitrogen and oxygen atoms in total. The summed E-state index contributed by atoms with van der Waals surface area (Å²) in [4.78, 5) is 9.72. The molecule has 1 aromatic heterocycles. The van der Waals surface area contributed by atoms with Crippen LogP contribution in [-0.4, -0.2) is 37.7 Å². The summed E-state index contributed by atoms with van der Waals surface area (Å²) >= 11 is 6.43. The number of rotatable bonds is 7. The molecule has 1 aliphatic carbocycles. The molecule has 36 heavy (non-hydrogen) atoms. The average molecular weight is 523 g/mol. The van der Waals surface area contributed by atoms with Crippen molar-refractivity contribution < 1.29 is 17.3 Å². The van der Waals surface area contributed by atoms with Gasteiger partial charge in [0.1, 0.15) is 6.07 Å². The van der Waals surface area contributed by atoms with Crippen molar-refractivity contribution in [3.63, 3.8) is 0 Å². The lowest BCUT2D eigenvalue weighted by atomic mass is 10.0. The number of halogens is 1. The molecule has 10 heteroatoms. The molecule has 1 heterocycles. The van der Waals surface area contributed by atoms with Crippen LogP contribution in [0.5, 0.6) is 5.75 Å². The predicted molar refractivity (Wildman–Crippen MR) is 141 cm³/mol. The van der Waals surface area contributed by atoms with E-state index in [4.69, 9.17) is 20.5 Å². The maximum atomic E-state index is 11.5. The van der Waals surface area contributed by atoms with Crippen LogP contribution in [0.1, 0.15) is 22.5 Å². The van der Waals surface area contributed by atoms with Crippen molar-refractivity contribution in [2.75, 3.05) is 22.9 Å². The fourth-order valence-electron chi connectivity index (χ4n) is 3.65. The Balaban J connectivity index is 1.46. The van der Waals surface area contributed by atoms with Crippen molar-refractivity contribution in [3.05, 3.63) is 71.4 Å². The smallest absolute Gasteiger partial charge is 0.231 e. The normalized spacial score (nSPS) is 14.9. The summed E-state index contributed by atoms with van der Waals surface area (Å²) in [6.07, 6.45) is 4.18. The minimum absolute atomic E-state index is 0.0269. The van der Waals surface area contributed by atoms with Gasteiger partial charge in [0.05, 0.1) is 40.2 Å². The number of anilines is 3. The summed E-state index contributed by atoms with van der Waals surface area (Å²) in [5, 5.41) is 9.85. The fourth-order valence-corrected chi connectivity index (χ4v) is 4.38. The van der Waals surface area contributed by atoms with Gasteiger partial charge in [-0.1, -0.05) is 29.8 Å². The lowest BCUT2D eigenvalue weighted by Gasteiger charge is -2.21. The van der Waals surface area contributed by atoms with Crippen LogP contribution in [0.4, 0.5) is 17.2 Å². The van der Waals surface area contributed by atoms with Gasteiger partial charge in [0.15, 0.2) is 11.6 Å². The fraction of sp³-hybridized carbons (Fsp3) is 0.192. The number of nitriles is 1. The van der Waals surface area contributed by atoms with E-state index in [9.17, 15) is 13.7 Å². The molecule has 1 saturated carbocycles. The van der Waals surface area contributed by atoms with Gasteiger partial charge in [-0.05, 0) is 60.4 Å². The zero-order chi connectivity index (χ0) is 27.9. The first-order valence-corrected chi connectivity index (χ1v) is 13.2. The third-order valence-corrected chi connectivity index (χ3v) is 6.37. The lowest BCUT2D eigenvalue weighted by molar-refractivity contribution is 0.302. The van der Waals surface area contributed by atoms with E-state index < -0.39 is 17.0 Å². The standard InChI is InChI=1S/C26H22ClN5O3S/c1-32(20-11-18(14-28)26(22(27)13-20)35-21-8-9-21)19-6-3-16(4-7-19)17-5-10-23-24(12-17)29-15-25(30-23)31-36(2,33)34/h3-7,10-13,15,21H,8-9H2,1-2H3,(H,30,31)/i1D3. The molecule has 0 amide bonds. The molecule has 0 atom stereocenters. The van der Waals surface area contributed by atoms with E-state index in [0.29, 0.717) is 16.7 Å². The number of benzene rings is 3. The molecule has 0 bridgehead atoms. The molecular weight excluding hydrogens is 498 g/mol. The van der Waals surface area contributed by atoms with Crippen molar-refractivity contribution in [3.8, 4) is 22.9 Å². The molecule has 0 saturated heterocycles. The van der Waals surface area contributed by atoms with E-state index in [-0.39, 0.29) is 33.9 Å². The van der Waals surface area contributed by atoms with Crippen LogP contribution < -0.4 is 14.4 Å². The predicted octanol–water partition coefficient (Wildman–Crippen LogP) is 5.50. The minimum Gasteiger partial charge on any atom is -0.487 e. The number of nitrogens with zero attached hydrogens (tertiary/aromatic N) is 4. The van der Waals surface area contributed by atoms with Crippen LogP contribution in [0.25, 0.3) is 22.2 Å². The van der Waals surface area contributed by atoms with E-state index >= 15 is 0 Å². The summed E-state index contributed by atoms with van der Waals surface area (Å²) in [5.41, 5.74) is 3.48. The van der Waals surface area contributed by atoms with E-state index in [0.717, 1.165) is 35.1 Å². The number of hydrogen-bond donors (Lipinski definition) is 1. The number of ether oxygens (including phenoxy) is 1. The van der Waals surface area contributed by atoms with Gasteiger partial charge in [-0.15, -0.1) is 0 Å². The third-order valence-electron chi connectivity index (χ3n) is 5.51. The van der Waals surface area contributed by atoms with Crippen molar-refractivity contribution in [2.45, 2.75) is 18.9 Å². The molecule has 3 aromatic carbocycles. The Bertz CT molecular complexity index is 1720. The van der Waals surface area contributed by atoms with Gasteiger partial charge in [-0.25, -0.2) is 13.4 Å². The number of sulfonamides is 1. The van der Waals surface area contributed by atoms with Gasteiger partial charge < -0.3 is 9.64 Å². The Morgan fingerprint density at radius 1 is 1.11 bits per heavy atom. The zero-order valence-corrected chi connectivity index (χ0v) is 20.6. The third kappa shape index (κ3) is 5.20. The van der Waals surface area contributed by atoms with Gasteiger partial charge in [0.25, 0.3) is 0 Å². The quantitative estimate of drug-likeness (QED) is 0.341. The monoisotopic (exact) mass is 522 g/mol. The summed E-state index contributed by atoms with van der Waals surface area (Å²) in [5.74, 6) is 0.392. The maximum Gasteiger partial charge on any atom is 0.231 e. The summed E-state index contributed by atoms with van der Waals surface area (Å²) < 4.78 is 55.5. The molecule has 0 unspecified atom stereocenters. The van der Waals surface area contributed by atoms with Gasteiger partial charge >= 0.3 is 0 Å². The first-order valence-electron chi connectivity index (χ1n) is 12.5. The molecular formula is C26H22ClN5O3S. The second-order valence-corrected chi connectivity index (χ2v) is 10.6. The number of fused-ring (bicyclic) bond motifs is 1. The highest BCUT2D eigenvalue weighted by Gasteiger charge is 2.26. The van der Waals surface area contributed by atoms with Crippen LogP contribution in [0.3, 0.4) is 0 Å². The van der Waals surface area contributed by atoms with Gasteiger partial charge in [-0.3, -0.25) is 9.71 Å². The van der Waals surface area contributed by atoms with Crippen molar-refractivity contribution in [2.24, 2.45) is 0 Å². The molecule has 0 aliphatic heterocycles. The molecule has 4 aromatic rings. The molecule has 0 radical (unpaired) electrons. The van der Waals surface area contributed by atoms with Crippen molar-refractivity contribution >= 4 is 49.9 Å². The average Bonchev–Trinajstić information content (AvgIpc) is 3.68. The topological polar surface area (TPSA) is 108 Å². The highest BCUT2D eigenvalue weighted by Crippen LogP contribution is 2.39. The largest absolute Gasteiger partial charge is 0.487 e. The highest BCUT2D eigenvalue weighted by atomic mass is 35.5. The molecule has 1 fully saturated rings. The Morgan fingerprint density at radius 2 is 1.86 bits per heavy atom. The van der Waals surface area contributed by atoms with Crippen molar-refractivity contribution in [1.29, 1.82) is 5.26 Å². The number of aromatic nitrogens is 2. The van der Waals surface area contributed by atoms with E-state index in [1.54, 1.807) is 36.4 Å².